The fraction of sp³-hybridized carbons (Fsp3) is 0.286. The maximum Gasteiger partial charge on any atom is 0.151 e. The second-order valence-electron chi connectivity index (χ2n) is 4.42. The normalized spacial score (nSPS) is 14.5. The van der Waals surface area contributed by atoms with Crippen LogP contribution in [0.2, 0.25) is 0 Å². The molecule has 0 atom stereocenters. The highest BCUT2D eigenvalue weighted by atomic mass is 16.5. The fourth-order valence-corrected chi connectivity index (χ4v) is 2.13. The second-order valence-corrected chi connectivity index (χ2v) is 4.42. The summed E-state index contributed by atoms with van der Waals surface area (Å²) in [5.41, 5.74) is 1.73. The van der Waals surface area contributed by atoms with Crippen molar-refractivity contribution in [3.8, 4) is 5.75 Å². The van der Waals surface area contributed by atoms with Gasteiger partial charge in [-0.15, -0.1) is 5.10 Å². The molecule has 0 radical (unpaired) electrons. The Bertz CT molecular complexity index is 557. The molecular weight excluding hydrogens is 242 g/mol. The van der Waals surface area contributed by atoms with Crippen LogP contribution in [0.15, 0.2) is 36.4 Å². The van der Waals surface area contributed by atoms with Gasteiger partial charge in [-0.05, 0) is 18.2 Å². The first-order valence-electron chi connectivity index (χ1n) is 6.26. The Morgan fingerprint density at radius 1 is 1.16 bits per heavy atom. The van der Waals surface area contributed by atoms with Crippen molar-refractivity contribution in [1.82, 2.24) is 10.2 Å². The van der Waals surface area contributed by atoms with E-state index in [-0.39, 0.29) is 6.61 Å². The Morgan fingerprint density at radius 2 is 2.05 bits per heavy atom. The van der Waals surface area contributed by atoms with Crippen LogP contribution in [-0.4, -0.2) is 28.5 Å². The minimum atomic E-state index is -0.0841. The van der Waals surface area contributed by atoms with Crippen molar-refractivity contribution in [2.45, 2.75) is 13.2 Å². The molecule has 1 aromatic carbocycles. The van der Waals surface area contributed by atoms with Gasteiger partial charge in [0.15, 0.2) is 5.82 Å². The lowest BCUT2D eigenvalue weighted by molar-refractivity contribution is 0.275. The van der Waals surface area contributed by atoms with E-state index in [1.54, 1.807) is 6.07 Å². The number of hydrogen-bond donors (Lipinski definition) is 1. The van der Waals surface area contributed by atoms with Crippen LogP contribution in [-0.2, 0) is 13.2 Å². The van der Waals surface area contributed by atoms with Gasteiger partial charge in [-0.1, -0.05) is 18.2 Å². The van der Waals surface area contributed by atoms with E-state index in [1.165, 1.54) is 0 Å². The quantitative estimate of drug-likeness (QED) is 0.880. The van der Waals surface area contributed by atoms with E-state index in [9.17, 15) is 0 Å². The number of para-hydroxylation sites is 1. The van der Waals surface area contributed by atoms with E-state index >= 15 is 0 Å². The van der Waals surface area contributed by atoms with Crippen LogP contribution in [0.4, 0.5) is 5.82 Å². The molecule has 5 heteroatoms. The molecule has 1 N–H and O–H groups in total. The van der Waals surface area contributed by atoms with Crippen molar-refractivity contribution in [3.05, 3.63) is 47.7 Å². The van der Waals surface area contributed by atoms with Gasteiger partial charge < -0.3 is 14.7 Å². The minimum Gasteiger partial charge on any atom is -0.491 e. The number of ether oxygens (including phenoxy) is 1. The minimum absolute atomic E-state index is 0.0841. The Morgan fingerprint density at radius 3 is 2.84 bits per heavy atom. The van der Waals surface area contributed by atoms with Gasteiger partial charge in [-0.3, -0.25) is 0 Å². The number of hydrogen-bond acceptors (Lipinski definition) is 5. The largest absolute Gasteiger partial charge is 0.491 e. The smallest absolute Gasteiger partial charge is 0.151 e. The average molecular weight is 257 g/mol. The molecule has 0 saturated heterocycles. The summed E-state index contributed by atoms with van der Waals surface area (Å²) in [7, 11) is 0. The van der Waals surface area contributed by atoms with Crippen LogP contribution in [0.25, 0.3) is 0 Å². The van der Waals surface area contributed by atoms with E-state index in [1.807, 2.05) is 24.3 Å². The van der Waals surface area contributed by atoms with Gasteiger partial charge in [-0.2, -0.15) is 5.10 Å². The highest BCUT2D eigenvalue weighted by Crippen LogP contribution is 2.24. The lowest BCUT2D eigenvalue weighted by atomic mass is 10.2. The lowest BCUT2D eigenvalue weighted by Crippen LogP contribution is -2.26. The van der Waals surface area contributed by atoms with E-state index < -0.39 is 0 Å². The van der Waals surface area contributed by atoms with Crippen molar-refractivity contribution in [3.63, 3.8) is 0 Å². The summed E-state index contributed by atoms with van der Waals surface area (Å²) >= 11 is 0. The molecule has 1 aliphatic heterocycles. The number of aliphatic hydroxyl groups is 1. The van der Waals surface area contributed by atoms with Gasteiger partial charge in [0.25, 0.3) is 0 Å². The van der Waals surface area contributed by atoms with Crippen molar-refractivity contribution in [2.75, 3.05) is 18.1 Å². The third kappa shape index (κ3) is 2.51. The monoisotopic (exact) mass is 257 g/mol. The summed E-state index contributed by atoms with van der Waals surface area (Å²) in [6.07, 6.45) is 0. The number of rotatable bonds is 2. The molecule has 98 valence electrons. The molecule has 0 unspecified atom stereocenters. The van der Waals surface area contributed by atoms with Crippen LogP contribution in [0.1, 0.15) is 11.3 Å². The van der Waals surface area contributed by atoms with Gasteiger partial charge in [0.2, 0.25) is 0 Å². The first kappa shape index (κ1) is 11.9. The van der Waals surface area contributed by atoms with Crippen LogP contribution in [0.3, 0.4) is 0 Å². The average Bonchev–Trinajstić information content (AvgIpc) is 2.69. The topological polar surface area (TPSA) is 58.5 Å². The number of benzene rings is 1. The molecular formula is C14H15N3O2. The highest BCUT2D eigenvalue weighted by Gasteiger charge is 2.16. The summed E-state index contributed by atoms with van der Waals surface area (Å²) in [5.74, 6) is 1.74. The standard InChI is InChI=1S/C14H15N3O2/c18-10-12-5-6-14(16-15-12)17-7-8-19-13-4-2-1-3-11(13)9-17/h1-6,18H,7-10H2. The Labute approximate surface area is 111 Å². The van der Waals surface area contributed by atoms with Gasteiger partial charge in [0, 0.05) is 12.1 Å². The number of aliphatic hydroxyl groups excluding tert-OH is 1. The highest BCUT2D eigenvalue weighted by molar-refractivity contribution is 5.43. The van der Waals surface area contributed by atoms with Gasteiger partial charge in [-0.25, -0.2) is 0 Å². The molecule has 0 amide bonds. The van der Waals surface area contributed by atoms with Gasteiger partial charge in [0.05, 0.1) is 18.8 Å². The first-order valence-corrected chi connectivity index (χ1v) is 6.26. The van der Waals surface area contributed by atoms with Crippen LogP contribution >= 0.6 is 0 Å². The number of anilines is 1. The Kier molecular flexibility index (Phi) is 3.29. The zero-order valence-electron chi connectivity index (χ0n) is 10.5. The molecule has 0 fully saturated rings. The van der Waals surface area contributed by atoms with Gasteiger partial charge >= 0.3 is 0 Å². The Hall–Kier alpha value is -2.14. The Balaban J connectivity index is 1.85. The van der Waals surface area contributed by atoms with E-state index in [4.69, 9.17) is 9.84 Å². The van der Waals surface area contributed by atoms with Crippen LogP contribution in [0, 0.1) is 0 Å². The fourth-order valence-electron chi connectivity index (χ4n) is 2.13. The molecule has 1 aromatic heterocycles. The third-order valence-electron chi connectivity index (χ3n) is 3.14. The molecule has 0 saturated carbocycles. The lowest BCUT2D eigenvalue weighted by Gasteiger charge is -2.20. The summed E-state index contributed by atoms with van der Waals surface area (Å²) in [6.45, 7) is 2.06. The SMILES string of the molecule is OCc1ccc(N2CCOc3ccccc3C2)nn1. The van der Waals surface area contributed by atoms with Crippen molar-refractivity contribution >= 4 is 5.82 Å². The van der Waals surface area contributed by atoms with Crippen molar-refractivity contribution in [1.29, 1.82) is 0 Å². The van der Waals surface area contributed by atoms with Gasteiger partial charge in [0.1, 0.15) is 12.4 Å². The van der Waals surface area contributed by atoms with E-state index in [0.717, 1.165) is 30.2 Å². The molecule has 5 nitrogen and oxygen atoms in total. The molecule has 3 rings (SSSR count). The molecule has 1 aliphatic rings. The van der Waals surface area contributed by atoms with Crippen LogP contribution in [0.5, 0.6) is 5.75 Å². The summed E-state index contributed by atoms with van der Waals surface area (Å²) in [4.78, 5) is 2.12. The number of aromatic nitrogens is 2. The van der Waals surface area contributed by atoms with E-state index in [0.29, 0.717) is 12.3 Å². The maximum atomic E-state index is 8.98. The predicted molar refractivity (Wildman–Crippen MR) is 70.9 cm³/mol. The van der Waals surface area contributed by atoms with E-state index in [2.05, 4.69) is 21.2 Å². The first-order chi connectivity index (χ1) is 9.36. The molecule has 0 aliphatic carbocycles. The molecule has 0 bridgehead atoms. The molecule has 2 aromatic rings. The number of fused-ring (bicyclic) bond motifs is 1. The van der Waals surface area contributed by atoms with Crippen LogP contribution < -0.4 is 9.64 Å². The molecule has 0 spiro atoms. The number of nitrogens with zero attached hydrogens (tertiary/aromatic N) is 3. The zero-order valence-corrected chi connectivity index (χ0v) is 10.5. The van der Waals surface area contributed by atoms with Crippen molar-refractivity contribution in [2.24, 2.45) is 0 Å². The zero-order chi connectivity index (χ0) is 13.1. The summed E-state index contributed by atoms with van der Waals surface area (Å²) < 4.78 is 5.72. The summed E-state index contributed by atoms with van der Waals surface area (Å²) in [6, 6.07) is 11.7. The molecule has 19 heavy (non-hydrogen) atoms. The predicted octanol–water partition coefficient (Wildman–Crippen LogP) is 1.37. The second kappa shape index (κ2) is 5.24. The maximum absolute atomic E-state index is 8.98. The summed E-state index contributed by atoms with van der Waals surface area (Å²) in [5, 5.41) is 17.1. The third-order valence-corrected chi connectivity index (χ3v) is 3.14. The molecule has 2 heterocycles. The van der Waals surface area contributed by atoms with Crippen molar-refractivity contribution < 1.29 is 9.84 Å².